The first-order chi connectivity index (χ1) is 6.29. The lowest BCUT2D eigenvalue weighted by atomic mass is 10.1. The Kier molecular flexibility index (Phi) is 2.18. The number of aryl methyl sites for hydroxylation is 1. The molecule has 2 heterocycles. The van der Waals surface area contributed by atoms with Crippen molar-refractivity contribution in [2.45, 2.75) is 18.0 Å². The number of thioether (sulfide) groups is 1. The zero-order valence-corrected chi connectivity index (χ0v) is 8.02. The Morgan fingerprint density at radius 3 is 3.15 bits per heavy atom. The SMILES string of the molecule is CSc1ncc2c(n1)NC(=O)CC2. The van der Waals surface area contributed by atoms with Gasteiger partial charge in [0, 0.05) is 18.2 Å². The maximum absolute atomic E-state index is 11.0. The van der Waals surface area contributed by atoms with Crippen LogP contribution in [0.1, 0.15) is 12.0 Å². The van der Waals surface area contributed by atoms with Crippen molar-refractivity contribution in [2.75, 3.05) is 11.6 Å². The third-order valence-electron chi connectivity index (χ3n) is 1.90. The number of hydrogen-bond acceptors (Lipinski definition) is 4. The summed E-state index contributed by atoms with van der Waals surface area (Å²) in [6.07, 6.45) is 4.98. The lowest BCUT2D eigenvalue weighted by Crippen LogP contribution is -2.20. The number of carbonyl (C=O) groups is 1. The molecule has 0 bridgehead atoms. The average Bonchev–Trinajstić information content (AvgIpc) is 2.16. The highest BCUT2D eigenvalue weighted by Crippen LogP contribution is 2.21. The molecule has 1 amide bonds. The second kappa shape index (κ2) is 3.33. The summed E-state index contributed by atoms with van der Waals surface area (Å²) in [5.74, 6) is 0.717. The van der Waals surface area contributed by atoms with Crippen LogP contribution in [0.2, 0.25) is 0 Å². The second-order valence-corrected chi connectivity index (χ2v) is 3.55. The fraction of sp³-hybridized carbons (Fsp3) is 0.375. The Morgan fingerprint density at radius 1 is 1.54 bits per heavy atom. The minimum absolute atomic E-state index is 0.0400. The van der Waals surface area contributed by atoms with E-state index in [0.717, 1.165) is 12.0 Å². The summed E-state index contributed by atoms with van der Waals surface area (Å²) >= 11 is 1.47. The van der Waals surface area contributed by atoms with Crippen molar-refractivity contribution in [2.24, 2.45) is 0 Å². The fourth-order valence-corrected chi connectivity index (χ4v) is 1.56. The van der Waals surface area contributed by atoms with Gasteiger partial charge in [0.1, 0.15) is 5.82 Å². The molecule has 0 atom stereocenters. The summed E-state index contributed by atoms with van der Waals surface area (Å²) in [5.41, 5.74) is 1.03. The third-order valence-corrected chi connectivity index (χ3v) is 2.47. The van der Waals surface area contributed by atoms with Crippen molar-refractivity contribution in [3.63, 3.8) is 0 Å². The van der Waals surface area contributed by atoms with E-state index in [9.17, 15) is 4.79 Å². The van der Waals surface area contributed by atoms with Crippen LogP contribution in [-0.4, -0.2) is 22.1 Å². The van der Waals surface area contributed by atoms with E-state index in [4.69, 9.17) is 0 Å². The molecule has 2 rings (SSSR count). The van der Waals surface area contributed by atoms with Gasteiger partial charge in [0.05, 0.1) is 0 Å². The molecule has 0 aliphatic carbocycles. The number of rotatable bonds is 1. The largest absolute Gasteiger partial charge is 0.310 e. The van der Waals surface area contributed by atoms with Crippen LogP contribution in [0.3, 0.4) is 0 Å². The van der Waals surface area contributed by atoms with Gasteiger partial charge in [-0.05, 0) is 12.7 Å². The lowest BCUT2D eigenvalue weighted by Gasteiger charge is -2.14. The van der Waals surface area contributed by atoms with Gasteiger partial charge in [-0.3, -0.25) is 4.79 Å². The van der Waals surface area contributed by atoms with E-state index in [1.807, 2.05) is 6.26 Å². The highest BCUT2D eigenvalue weighted by molar-refractivity contribution is 7.98. The van der Waals surface area contributed by atoms with E-state index in [-0.39, 0.29) is 5.91 Å². The molecule has 1 aromatic rings. The number of amides is 1. The zero-order chi connectivity index (χ0) is 9.26. The number of hydrogen-bond donors (Lipinski definition) is 1. The topological polar surface area (TPSA) is 54.9 Å². The maximum Gasteiger partial charge on any atom is 0.225 e. The summed E-state index contributed by atoms with van der Waals surface area (Å²) in [6.45, 7) is 0. The highest BCUT2D eigenvalue weighted by atomic mass is 32.2. The molecule has 1 aliphatic heterocycles. The number of nitrogens with one attached hydrogen (secondary N) is 1. The van der Waals surface area contributed by atoms with Crippen molar-refractivity contribution in [3.8, 4) is 0 Å². The molecule has 0 saturated carbocycles. The Balaban J connectivity index is 2.38. The summed E-state index contributed by atoms with van der Waals surface area (Å²) in [7, 11) is 0. The molecule has 0 aromatic carbocycles. The van der Waals surface area contributed by atoms with Gasteiger partial charge in [0.2, 0.25) is 5.91 Å². The van der Waals surface area contributed by atoms with Gasteiger partial charge >= 0.3 is 0 Å². The van der Waals surface area contributed by atoms with E-state index in [1.165, 1.54) is 11.8 Å². The molecule has 0 saturated heterocycles. The Bertz CT molecular complexity index is 353. The monoisotopic (exact) mass is 195 g/mol. The van der Waals surface area contributed by atoms with E-state index in [2.05, 4.69) is 15.3 Å². The predicted molar refractivity (Wildman–Crippen MR) is 50.8 cm³/mol. The van der Waals surface area contributed by atoms with Crippen LogP contribution in [0, 0.1) is 0 Å². The quantitative estimate of drug-likeness (QED) is 0.538. The van der Waals surface area contributed by atoms with Crippen molar-refractivity contribution >= 4 is 23.5 Å². The normalized spacial score (nSPS) is 15.0. The van der Waals surface area contributed by atoms with Gasteiger partial charge in [-0.25, -0.2) is 9.97 Å². The Labute approximate surface area is 80.2 Å². The van der Waals surface area contributed by atoms with Gasteiger partial charge in [0.25, 0.3) is 0 Å². The molecule has 13 heavy (non-hydrogen) atoms. The van der Waals surface area contributed by atoms with Gasteiger partial charge in [0.15, 0.2) is 5.16 Å². The summed E-state index contributed by atoms with van der Waals surface area (Å²) < 4.78 is 0. The van der Waals surface area contributed by atoms with E-state index >= 15 is 0 Å². The standard InChI is InChI=1S/C8H9N3OS/c1-13-8-9-4-5-2-3-6(12)10-7(5)11-8/h4H,2-3H2,1H3,(H,9,10,11,12). The molecule has 1 N–H and O–H groups in total. The Morgan fingerprint density at radius 2 is 2.38 bits per heavy atom. The minimum atomic E-state index is 0.0400. The predicted octanol–water partition coefficient (Wildman–Crippen LogP) is 1.08. The van der Waals surface area contributed by atoms with Crippen LogP contribution < -0.4 is 5.32 Å². The molecule has 0 spiro atoms. The fourth-order valence-electron chi connectivity index (χ4n) is 1.22. The Hall–Kier alpha value is -1.10. The second-order valence-electron chi connectivity index (χ2n) is 2.78. The molecule has 1 aromatic heterocycles. The smallest absolute Gasteiger partial charge is 0.225 e. The summed E-state index contributed by atoms with van der Waals surface area (Å²) in [5, 5.41) is 3.43. The molecule has 68 valence electrons. The van der Waals surface area contributed by atoms with Crippen LogP contribution in [-0.2, 0) is 11.2 Å². The highest BCUT2D eigenvalue weighted by Gasteiger charge is 2.16. The average molecular weight is 195 g/mol. The van der Waals surface area contributed by atoms with Gasteiger partial charge < -0.3 is 5.32 Å². The zero-order valence-electron chi connectivity index (χ0n) is 7.20. The molecule has 0 radical (unpaired) electrons. The number of nitrogens with zero attached hydrogens (tertiary/aromatic N) is 2. The van der Waals surface area contributed by atoms with Crippen molar-refractivity contribution < 1.29 is 4.79 Å². The van der Waals surface area contributed by atoms with Gasteiger partial charge in [-0.1, -0.05) is 11.8 Å². The number of fused-ring (bicyclic) bond motifs is 1. The van der Waals surface area contributed by atoms with Crippen LogP contribution in [0.25, 0.3) is 0 Å². The van der Waals surface area contributed by atoms with E-state index < -0.39 is 0 Å². The van der Waals surface area contributed by atoms with Gasteiger partial charge in [-0.2, -0.15) is 0 Å². The van der Waals surface area contributed by atoms with E-state index in [1.54, 1.807) is 6.20 Å². The van der Waals surface area contributed by atoms with Crippen molar-refractivity contribution in [1.82, 2.24) is 9.97 Å². The first-order valence-corrected chi connectivity index (χ1v) is 5.22. The molecule has 0 unspecified atom stereocenters. The van der Waals surface area contributed by atoms with Crippen LogP contribution >= 0.6 is 11.8 Å². The molecular weight excluding hydrogens is 186 g/mol. The summed E-state index contributed by atoms with van der Waals surface area (Å²) in [4.78, 5) is 19.4. The minimum Gasteiger partial charge on any atom is -0.310 e. The van der Waals surface area contributed by atoms with Crippen LogP contribution in [0.5, 0.6) is 0 Å². The van der Waals surface area contributed by atoms with E-state index in [0.29, 0.717) is 17.4 Å². The molecular formula is C8H9N3OS. The lowest BCUT2D eigenvalue weighted by molar-refractivity contribution is -0.116. The van der Waals surface area contributed by atoms with Crippen LogP contribution in [0.15, 0.2) is 11.4 Å². The number of carbonyl (C=O) groups excluding carboxylic acids is 1. The maximum atomic E-state index is 11.0. The number of anilines is 1. The van der Waals surface area contributed by atoms with Crippen molar-refractivity contribution in [1.29, 1.82) is 0 Å². The molecule has 4 nitrogen and oxygen atoms in total. The third kappa shape index (κ3) is 1.65. The summed E-state index contributed by atoms with van der Waals surface area (Å²) in [6, 6.07) is 0. The molecule has 0 fully saturated rings. The van der Waals surface area contributed by atoms with Gasteiger partial charge in [-0.15, -0.1) is 0 Å². The van der Waals surface area contributed by atoms with Crippen LogP contribution in [0.4, 0.5) is 5.82 Å². The molecule has 1 aliphatic rings. The number of aromatic nitrogens is 2. The van der Waals surface area contributed by atoms with Crippen molar-refractivity contribution in [3.05, 3.63) is 11.8 Å². The first-order valence-electron chi connectivity index (χ1n) is 3.99. The molecule has 5 heteroatoms. The first kappa shape index (κ1) is 8.50.